The van der Waals surface area contributed by atoms with Crippen molar-refractivity contribution >= 4 is 41.5 Å². The van der Waals surface area contributed by atoms with E-state index >= 15 is 0 Å². The summed E-state index contributed by atoms with van der Waals surface area (Å²) < 4.78 is 0. The van der Waals surface area contributed by atoms with E-state index in [0.29, 0.717) is 12.1 Å². The number of nitrogens with zero attached hydrogens (tertiary/aromatic N) is 2. The second kappa shape index (κ2) is 15.4. The second-order valence-corrected chi connectivity index (χ2v) is 8.13. The largest absolute Gasteiger partial charge is 0.481 e. The number of aliphatic carboxylic acids is 2. The second-order valence-electron chi connectivity index (χ2n) is 8.13. The monoisotopic (exact) mass is 540 g/mol. The number of aromatic nitrogens is 2. The van der Waals surface area contributed by atoms with Crippen LogP contribution in [0.25, 0.3) is 0 Å². The number of rotatable bonds is 17. The number of nitrogens with one attached hydrogen (secondary N) is 4. The molecule has 0 fully saturated rings. The van der Waals surface area contributed by atoms with Gasteiger partial charge in [-0.05, 0) is 12.8 Å². The Morgan fingerprint density at radius 2 is 1.53 bits per heavy atom. The molecule has 38 heavy (non-hydrogen) atoms. The quantitative estimate of drug-likeness (QED) is 0.0505. The minimum Gasteiger partial charge on any atom is -0.481 e. The SMILES string of the molecule is NC(=O)CC(NC(=O)C(Cc1cnc[nH]1)NC(=O)C(N)CCCN=C(N)N)C(=O)NC(CC(=O)O)C(=O)O. The number of hydrogen-bond acceptors (Lipinski definition) is 9. The highest BCUT2D eigenvalue weighted by molar-refractivity contribution is 5.96. The van der Waals surface area contributed by atoms with Gasteiger partial charge in [0.15, 0.2) is 5.96 Å². The van der Waals surface area contributed by atoms with Crippen molar-refractivity contribution in [3.05, 3.63) is 18.2 Å². The van der Waals surface area contributed by atoms with Crippen molar-refractivity contribution in [1.82, 2.24) is 25.9 Å². The summed E-state index contributed by atoms with van der Waals surface area (Å²) in [7, 11) is 0. The number of imidazole rings is 1. The first kappa shape index (κ1) is 31.3. The number of hydrogen-bond donors (Lipinski definition) is 10. The smallest absolute Gasteiger partial charge is 0.326 e. The lowest BCUT2D eigenvalue weighted by Gasteiger charge is -2.24. The molecule has 0 aliphatic carbocycles. The Balaban J connectivity index is 3.01. The van der Waals surface area contributed by atoms with Crippen molar-refractivity contribution in [3.8, 4) is 0 Å². The minimum atomic E-state index is -1.84. The van der Waals surface area contributed by atoms with Crippen LogP contribution in [-0.2, 0) is 35.2 Å². The van der Waals surface area contributed by atoms with Gasteiger partial charge in [0, 0.05) is 24.9 Å². The van der Waals surface area contributed by atoms with Crippen LogP contribution in [0.2, 0.25) is 0 Å². The molecule has 1 aromatic rings. The van der Waals surface area contributed by atoms with Gasteiger partial charge in [-0.1, -0.05) is 0 Å². The lowest BCUT2D eigenvalue weighted by molar-refractivity contribution is -0.147. The summed E-state index contributed by atoms with van der Waals surface area (Å²) >= 11 is 0. The average molecular weight is 541 g/mol. The highest BCUT2D eigenvalue weighted by Crippen LogP contribution is 2.04. The van der Waals surface area contributed by atoms with Gasteiger partial charge in [0.05, 0.1) is 25.2 Å². The van der Waals surface area contributed by atoms with Gasteiger partial charge < -0.3 is 54.1 Å². The number of carbonyl (C=O) groups excluding carboxylic acids is 4. The van der Waals surface area contributed by atoms with Crippen molar-refractivity contribution in [2.24, 2.45) is 27.9 Å². The molecule has 0 aliphatic rings. The molecule has 18 nitrogen and oxygen atoms in total. The maximum Gasteiger partial charge on any atom is 0.326 e. The predicted octanol–water partition coefficient (Wildman–Crippen LogP) is -4.78. The van der Waals surface area contributed by atoms with Crippen molar-refractivity contribution < 1.29 is 39.0 Å². The zero-order valence-corrected chi connectivity index (χ0v) is 20.3. The van der Waals surface area contributed by atoms with Crippen LogP contribution in [0.15, 0.2) is 17.5 Å². The molecule has 0 radical (unpaired) electrons. The topological polar surface area (TPSA) is 324 Å². The van der Waals surface area contributed by atoms with Crippen LogP contribution >= 0.6 is 0 Å². The maximum absolute atomic E-state index is 13.1. The predicted molar refractivity (Wildman–Crippen MR) is 130 cm³/mol. The third-order valence-corrected chi connectivity index (χ3v) is 4.95. The molecule has 1 rings (SSSR count). The molecular weight excluding hydrogens is 508 g/mol. The zero-order chi connectivity index (χ0) is 28.8. The number of carboxylic acids is 2. The van der Waals surface area contributed by atoms with Crippen LogP contribution in [0.1, 0.15) is 31.4 Å². The Labute approximate surface area is 216 Å². The number of aromatic amines is 1. The van der Waals surface area contributed by atoms with Crippen molar-refractivity contribution in [2.45, 2.75) is 56.3 Å². The van der Waals surface area contributed by atoms with Gasteiger partial charge in [0.2, 0.25) is 23.6 Å². The molecule has 4 unspecified atom stereocenters. The number of carbonyl (C=O) groups is 6. The molecule has 210 valence electrons. The number of nitrogens with two attached hydrogens (primary N) is 4. The van der Waals surface area contributed by atoms with Gasteiger partial charge in [0.1, 0.15) is 18.1 Å². The van der Waals surface area contributed by atoms with Gasteiger partial charge in [0.25, 0.3) is 0 Å². The van der Waals surface area contributed by atoms with Gasteiger partial charge in [-0.15, -0.1) is 0 Å². The highest BCUT2D eigenvalue weighted by Gasteiger charge is 2.32. The number of H-pyrrole nitrogens is 1. The zero-order valence-electron chi connectivity index (χ0n) is 20.3. The fourth-order valence-electron chi connectivity index (χ4n) is 3.08. The van der Waals surface area contributed by atoms with Gasteiger partial charge >= 0.3 is 11.9 Å². The van der Waals surface area contributed by atoms with E-state index in [0.717, 1.165) is 0 Å². The molecular formula is C20H32N10O8. The first-order chi connectivity index (χ1) is 17.8. The summed E-state index contributed by atoms with van der Waals surface area (Å²) in [6, 6.07) is -5.88. The maximum atomic E-state index is 13.1. The normalized spacial score (nSPS) is 13.7. The fraction of sp³-hybridized carbons (Fsp3) is 0.500. The minimum absolute atomic E-state index is 0.119. The van der Waals surface area contributed by atoms with E-state index in [9.17, 15) is 28.8 Å². The molecule has 0 aromatic carbocycles. The first-order valence-electron chi connectivity index (χ1n) is 11.2. The Morgan fingerprint density at radius 3 is 2.05 bits per heavy atom. The molecule has 0 saturated carbocycles. The number of primary amides is 1. The van der Waals surface area contributed by atoms with Gasteiger partial charge in [-0.25, -0.2) is 9.78 Å². The van der Waals surface area contributed by atoms with Crippen molar-refractivity contribution in [2.75, 3.05) is 6.54 Å². The molecule has 14 N–H and O–H groups in total. The van der Waals surface area contributed by atoms with Crippen LogP contribution in [0.3, 0.4) is 0 Å². The summed E-state index contributed by atoms with van der Waals surface area (Å²) in [5.41, 5.74) is 21.9. The van der Waals surface area contributed by atoms with E-state index in [1.165, 1.54) is 12.5 Å². The summed E-state index contributed by atoms with van der Waals surface area (Å²) in [4.78, 5) is 82.4. The lowest BCUT2D eigenvalue weighted by Crippen LogP contribution is -2.58. The van der Waals surface area contributed by atoms with Gasteiger partial charge in [-0.3, -0.25) is 29.0 Å². The number of amides is 4. The van der Waals surface area contributed by atoms with Crippen LogP contribution < -0.4 is 38.9 Å². The first-order valence-corrected chi connectivity index (χ1v) is 11.2. The molecule has 4 atom stereocenters. The summed E-state index contributed by atoms with van der Waals surface area (Å²) in [5.74, 6) is -7.12. The lowest BCUT2D eigenvalue weighted by atomic mass is 10.1. The Kier molecular flexibility index (Phi) is 12.7. The van der Waals surface area contributed by atoms with Crippen molar-refractivity contribution in [1.29, 1.82) is 0 Å². The molecule has 18 heteroatoms. The summed E-state index contributed by atoms with van der Waals surface area (Å²) in [6.07, 6.45) is 1.43. The Hall–Kier alpha value is -4.74. The van der Waals surface area contributed by atoms with E-state index in [1.807, 2.05) is 5.32 Å². The van der Waals surface area contributed by atoms with E-state index in [1.54, 1.807) is 0 Å². The van der Waals surface area contributed by atoms with Crippen LogP contribution in [0.4, 0.5) is 0 Å². The molecule has 4 amide bonds. The highest BCUT2D eigenvalue weighted by atomic mass is 16.4. The van der Waals surface area contributed by atoms with E-state index in [2.05, 4.69) is 25.6 Å². The number of guanidine groups is 1. The number of aliphatic imine (C=N–C) groups is 1. The number of carboxylic acid groups (broad SMARTS) is 2. The molecule has 0 bridgehead atoms. The standard InChI is InChI=1S/C20H32N10O8/c21-10(2-1-3-26-20(23)24)16(34)28-11(4-9-7-25-8-27-9)17(35)29-12(5-14(22)31)18(36)30-13(19(37)38)6-15(32)33/h7-8,10-13H,1-6,21H2,(H2,22,31)(H,25,27)(H,28,34)(H,29,35)(H,30,36)(H,32,33)(H,37,38)(H4,23,24,26). The molecule has 1 heterocycles. The van der Waals surface area contributed by atoms with Gasteiger partial charge in [-0.2, -0.15) is 0 Å². The molecule has 0 saturated heterocycles. The van der Waals surface area contributed by atoms with Crippen LogP contribution in [0, 0.1) is 0 Å². The fourth-order valence-corrected chi connectivity index (χ4v) is 3.08. The van der Waals surface area contributed by atoms with Crippen molar-refractivity contribution in [3.63, 3.8) is 0 Å². The summed E-state index contributed by atoms with van der Waals surface area (Å²) in [5, 5.41) is 24.7. The van der Waals surface area contributed by atoms with E-state index in [-0.39, 0.29) is 25.3 Å². The Bertz CT molecular complexity index is 1030. The Morgan fingerprint density at radius 1 is 0.921 bits per heavy atom. The molecule has 0 aliphatic heterocycles. The van der Waals surface area contributed by atoms with Crippen LogP contribution in [0.5, 0.6) is 0 Å². The average Bonchev–Trinajstić information content (AvgIpc) is 3.32. The summed E-state index contributed by atoms with van der Waals surface area (Å²) in [6.45, 7) is 0.227. The van der Waals surface area contributed by atoms with E-state index < -0.39 is 72.6 Å². The third kappa shape index (κ3) is 11.8. The van der Waals surface area contributed by atoms with Crippen LogP contribution in [-0.4, -0.2) is 92.4 Å². The third-order valence-electron chi connectivity index (χ3n) is 4.95. The molecule has 0 spiro atoms. The van der Waals surface area contributed by atoms with E-state index in [4.69, 9.17) is 33.1 Å². The molecule has 1 aromatic heterocycles.